The standard InChI is InChI=1S/C18H19NO6S/c1-13(20)12-25-18(21)14-5-4-6-17(11-14)26(22,23)19(2)15-7-9-16(24-3)10-8-15/h4-11H,12H2,1-3H3. The minimum Gasteiger partial charge on any atom is -0.497 e. The van der Waals surface area contributed by atoms with Crippen LogP contribution in [0.3, 0.4) is 0 Å². The first-order valence-electron chi connectivity index (χ1n) is 7.65. The zero-order chi connectivity index (χ0) is 19.3. The number of Topliss-reactive ketones (excluding diaryl/α,β-unsaturated/α-hetero) is 1. The Morgan fingerprint density at radius 3 is 2.31 bits per heavy atom. The lowest BCUT2D eigenvalue weighted by Crippen LogP contribution is -2.26. The third-order valence-corrected chi connectivity index (χ3v) is 5.35. The maximum Gasteiger partial charge on any atom is 0.338 e. The molecule has 0 heterocycles. The molecule has 0 saturated heterocycles. The largest absolute Gasteiger partial charge is 0.497 e. The predicted molar refractivity (Wildman–Crippen MR) is 96.0 cm³/mol. The Labute approximate surface area is 152 Å². The molecule has 0 radical (unpaired) electrons. The number of rotatable bonds is 7. The van der Waals surface area contributed by atoms with Crippen LogP contribution in [0.15, 0.2) is 53.4 Å². The molecule has 0 bridgehead atoms. The van der Waals surface area contributed by atoms with Crippen molar-refractivity contribution < 1.29 is 27.5 Å². The normalized spacial score (nSPS) is 10.9. The SMILES string of the molecule is COc1ccc(N(C)S(=O)(=O)c2cccc(C(=O)OCC(C)=O)c2)cc1. The van der Waals surface area contributed by atoms with E-state index in [-0.39, 0.29) is 22.8 Å². The van der Waals surface area contributed by atoms with Crippen LogP contribution in [0.1, 0.15) is 17.3 Å². The summed E-state index contributed by atoms with van der Waals surface area (Å²) in [5.41, 5.74) is 0.491. The van der Waals surface area contributed by atoms with Crippen molar-refractivity contribution >= 4 is 27.5 Å². The van der Waals surface area contributed by atoms with Gasteiger partial charge < -0.3 is 9.47 Å². The van der Waals surface area contributed by atoms with Crippen LogP contribution >= 0.6 is 0 Å². The number of benzene rings is 2. The quantitative estimate of drug-likeness (QED) is 0.688. The predicted octanol–water partition coefficient (Wildman–Crippen LogP) is 2.27. The molecule has 0 aliphatic carbocycles. The van der Waals surface area contributed by atoms with Gasteiger partial charge in [-0.25, -0.2) is 13.2 Å². The minimum absolute atomic E-state index is 0.0513. The highest BCUT2D eigenvalue weighted by molar-refractivity contribution is 7.92. The van der Waals surface area contributed by atoms with Gasteiger partial charge in [0.15, 0.2) is 5.78 Å². The molecule has 26 heavy (non-hydrogen) atoms. The van der Waals surface area contributed by atoms with Crippen LogP contribution < -0.4 is 9.04 Å². The number of anilines is 1. The molecule has 0 atom stereocenters. The van der Waals surface area contributed by atoms with Gasteiger partial charge in [0.2, 0.25) is 0 Å². The highest BCUT2D eigenvalue weighted by atomic mass is 32.2. The van der Waals surface area contributed by atoms with Gasteiger partial charge in [-0.1, -0.05) is 6.07 Å². The Morgan fingerprint density at radius 2 is 1.73 bits per heavy atom. The number of nitrogens with zero attached hydrogens (tertiary/aromatic N) is 1. The third kappa shape index (κ3) is 4.40. The van der Waals surface area contributed by atoms with Crippen molar-refractivity contribution in [2.24, 2.45) is 0 Å². The molecule has 8 heteroatoms. The zero-order valence-electron chi connectivity index (χ0n) is 14.6. The number of hydrogen-bond donors (Lipinski definition) is 0. The number of sulfonamides is 1. The third-order valence-electron chi connectivity index (χ3n) is 3.57. The Kier molecular flexibility index (Phi) is 5.99. The van der Waals surface area contributed by atoms with E-state index in [1.54, 1.807) is 24.3 Å². The van der Waals surface area contributed by atoms with Gasteiger partial charge in [0.05, 0.1) is 23.3 Å². The van der Waals surface area contributed by atoms with Gasteiger partial charge >= 0.3 is 5.97 Å². The van der Waals surface area contributed by atoms with Crippen LogP contribution in [0.5, 0.6) is 5.75 Å². The Hall–Kier alpha value is -2.87. The molecule has 0 unspecified atom stereocenters. The first-order chi connectivity index (χ1) is 12.3. The van der Waals surface area contributed by atoms with Crippen LogP contribution in [-0.4, -0.2) is 40.9 Å². The Balaban J connectivity index is 2.28. The number of esters is 1. The molecule has 0 aromatic heterocycles. The zero-order valence-corrected chi connectivity index (χ0v) is 15.4. The summed E-state index contributed by atoms with van der Waals surface area (Å²) in [4.78, 5) is 22.8. The second kappa shape index (κ2) is 8.01. The van der Waals surface area contributed by atoms with E-state index in [1.807, 2.05) is 0 Å². The molecule has 2 aromatic carbocycles. The van der Waals surface area contributed by atoms with Crippen LogP contribution in [0.4, 0.5) is 5.69 Å². The maximum absolute atomic E-state index is 12.8. The first-order valence-corrected chi connectivity index (χ1v) is 9.09. The molecule has 0 N–H and O–H groups in total. The van der Waals surface area contributed by atoms with E-state index in [9.17, 15) is 18.0 Å². The first kappa shape index (κ1) is 19.5. The molecule has 7 nitrogen and oxygen atoms in total. The van der Waals surface area contributed by atoms with Gasteiger partial charge in [-0.2, -0.15) is 0 Å². The van der Waals surface area contributed by atoms with Gasteiger partial charge in [-0.15, -0.1) is 0 Å². The minimum atomic E-state index is -3.88. The van der Waals surface area contributed by atoms with Crippen LogP contribution in [0, 0.1) is 0 Å². The molecule has 138 valence electrons. The average molecular weight is 377 g/mol. The second-order valence-corrected chi connectivity index (χ2v) is 7.45. The van der Waals surface area contributed by atoms with Crippen molar-refractivity contribution in [1.29, 1.82) is 0 Å². The van der Waals surface area contributed by atoms with Gasteiger partial charge in [-0.05, 0) is 49.4 Å². The fourth-order valence-corrected chi connectivity index (χ4v) is 3.36. The summed E-state index contributed by atoms with van der Waals surface area (Å²) in [7, 11) is -0.947. The van der Waals surface area contributed by atoms with E-state index in [1.165, 1.54) is 45.3 Å². The van der Waals surface area contributed by atoms with Crippen LogP contribution in [-0.2, 0) is 19.6 Å². The molecular weight excluding hydrogens is 358 g/mol. The lowest BCUT2D eigenvalue weighted by atomic mass is 10.2. The molecule has 0 fully saturated rings. The van der Waals surface area contributed by atoms with Gasteiger partial charge in [0.25, 0.3) is 10.0 Å². The highest BCUT2D eigenvalue weighted by Crippen LogP contribution is 2.24. The highest BCUT2D eigenvalue weighted by Gasteiger charge is 2.23. The smallest absolute Gasteiger partial charge is 0.338 e. The second-order valence-electron chi connectivity index (χ2n) is 5.48. The number of methoxy groups -OCH3 is 1. The number of carbonyl (C=O) groups excluding carboxylic acids is 2. The van der Waals surface area contributed by atoms with Crippen molar-refractivity contribution in [3.63, 3.8) is 0 Å². The summed E-state index contributed by atoms with van der Waals surface area (Å²) in [6, 6.07) is 12.0. The van der Waals surface area contributed by atoms with Crippen LogP contribution in [0.25, 0.3) is 0 Å². The van der Waals surface area contributed by atoms with Crippen LogP contribution in [0.2, 0.25) is 0 Å². The van der Waals surface area contributed by atoms with E-state index in [4.69, 9.17) is 9.47 Å². The van der Waals surface area contributed by atoms with E-state index in [0.717, 1.165) is 4.31 Å². The van der Waals surface area contributed by atoms with Crippen molar-refractivity contribution in [3.8, 4) is 5.75 Å². The summed E-state index contributed by atoms with van der Waals surface area (Å²) >= 11 is 0. The van der Waals surface area contributed by atoms with E-state index < -0.39 is 16.0 Å². The van der Waals surface area contributed by atoms with E-state index in [0.29, 0.717) is 11.4 Å². The number of carbonyl (C=O) groups is 2. The molecule has 0 aliphatic heterocycles. The van der Waals surface area contributed by atoms with Crippen molar-refractivity contribution in [3.05, 3.63) is 54.1 Å². The van der Waals surface area contributed by atoms with Gasteiger partial charge in [0.1, 0.15) is 12.4 Å². The molecular formula is C18H19NO6S. The van der Waals surface area contributed by atoms with E-state index in [2.05, 4.69) is 0 Å². The fraction of sp³-hybridized carbons (Fsp3) is 0.222. The molecule has 0 saturated carbocycles. The molecule has 0 amide bonds. The van der Waals surface area contributed by atoms with Crippen molar-refractivity contribution in [2.75, 3.05) is 25.1 Å². The lowest BCUT2D eigenvalue weighted by molar-refractivity contribution is -0.120. The topological polar surface area (TPSA) is 90.0 Å². The Bertz CT molecular complexity index is 906. The summed E-state index contributed by atoms with van der Waals surface area (Å²) in [5.74, 6) is -0.458. The molecule has 0 aliphatic rings. The fourth-order valence-electron chi connectivity index (χ4n) is 2.12. The summed E-state index contributed by atoms with van der Waals surface area (Å²) in [6.45, 7) is 0.930. The molecule has 0 spiro atoms. The maximum atomic E-state index is 12.8. The summed E-state index contributed by atoms with van der Waals surface area (Å²) < 4.78 is 36.6. The van der Waals surface area contributed by atoms with Crippen molar-refractivity contribution in [2.45, 2.75) is 11.8 Å². The number of ether oxygens (including phenoxy) is 2. The average Bonchev–Trinajstić information content (AvgIpc) is 2.65. The lowest BCUT2D eigenvalue weighted by Gasteiger charge is -2.20. The van der Waals surface area contributed by atoms with Gasteiger partial charge in [0, 0.05) is 7.05 Å². The van der Waals surface area contributed by atoms with Gasteiger partial charge in [-0.3, -0.25) is 9.10 Å². The molecule has 2 aromatic rings. The number of ketones is 1. The van der Waals surface area contributed by atoms with E-state index >= 15 is 0 Å². The van der Waals surface area contributed by atoms with Crippen molar-refractivity contribution in [1.82, 2.24) is 0 Å². The summed E-state index contributed by atoms with van der Waals surface area (Å²) in [5, 5.41) is 0. The number of hydrogen-bond acceptors (Lipinski definition) is 6. The molecule has 2 rings (SSSR count). The monoisotopic (exact) mass is 377 g/mol. The summed E-state index contributed by atoms with van der Waals surface area (Å²) in [6.07, 6.45) is 0. The Morgan fingerprint density at radius 1 is 1.08 bits per heavy atom.